The van der Waals surface area contributed by atoms with Crippen LogP contribution in [0.1, 0.15) is 5.56 Å². The lowest BCUT2D eigenvalue weighted by molar-refractivity contribution is -0.132. The van der Waals surface area contributed by atoms with E-state index in [-0.39, 0.29) is 17.2 Å². The number of nitrogens with one attached hydrogen (secondary N) is 2. The van der Waals surface area contributed by atoms with E-state index in [1.165, 1.54) is 12.1 Å². The number of aromatic hydroxyl groups is 2. The molecule has 0 aliphatic carbocycles. The monoisotopic (exact) mass is 336 g/mol. The van der Waals surface area contributed by atoms with Crippen molar-refractivity contribution >= 4 is 34.0 Å². The first-order valence-electron chi connectivity index (χ1n) is 7.58. The molecule has 0 unspecified atom stereocenters. The largest absolute Gasteiger partial charge is 0.507 e. The molecule has 0 aliphatic heterocycles. The van der Waals surface area contributed by atoms with E-state index < -0.39 is 11.8 Å². The van der Waals surface area contributed by atoms with E-state index in [0.717, 1.165) is 5.56 Å². The van der Waals surface area contributed by atoms with Crippen LogP contribution in [0.3, 0.4) is 0 Å². The van der Waals surface area contributed by atoms with Crippen LogP contribution >= 0.6 is 0 Å². The highest BCUT2D eigenvalue weighted by molar-refractivity contribution is 6.44. The number of hydrogen-bond donors (Lipinski definition) is 4. The van der Waals surface area contributed by atoms with E-state index in [9.17, 15) is 19.8 Å². The van der Waals surface area contributed by atoms with Crippen molar-refractivity contribution in [2.45, 2.75) is 6.92 Å². The zero-order valence-electron chi connectivity index (χ0n) is 13.4. The number of anilines is 2. The molecule has 0 spiro atoms. The highest BCUT2D eigenvalue weighted by Crippen LogP contribution is 2.30. The van der Waals surface area contributed by atoms with E-state index in [1.54, 1.807) is 49.4 Å². The first-order chi connectivity index (χ1) is 12.0. The molecule has 0 bridgehead atoms. The van der Waals surface area contributed by atoms with Crippen LogP contribution in [-0.2, 0) is 9.59 Å². The van der Waals surface area contributed by atoms with Gasteiger partial charge >= 0.3 is 11.8 Å². The highest BCUT2D eigenvalue weighted by Gasteiger charge is 2.17. The minimum Gasteiger partial charge on any atom is -0.507 e. The molecule has 2 amide bonds. The number of carbonyl (C=O) groups excluding carboxylic acids is 2. The summed E-state index contributed by atoms with van der Waals surface area (Å²) in [6.07, 6.45) is 0. The number of rotatable bonds is 2. The number of amides is 2. The summed E-state index contributed by atoms with van der Waals surface area (Å²) in [6.45, 7) is 1.80. The maximum atomic E-state index is 12.2. The Morgan fingerprint density at radius 1 is 0.760 bits per heavy atom. The minimum atomic E-state index is -0.906. The summed E-state index contributed by atoms with van der Waals surface area (Å²) < 4.78 is 0. The lowest BCUT2D eigenvalue weighted by atomic mass is 10.1. The quantitative estimate of drug-likeness (QED) is 0.427. The van der Waals surface area contributed by atoms with Gasteiger partial charge in [-0.1, -0.05) is 30.3 Å². The van der Waals surface area contributed by atoms with Crippen molar-refractivity contribution in [3.05, 3.63) is 60.2 Å². The van der Waals surface area contributed by atoms with Crippen LogP contribution in [0.25, 0.3) is 10.8 Å². The molecule has 126 valence electrons. The van der Waals surface area contributed by atoms with Gasteiger partial charge in [-0.15, -0.1) is 0 Å². The Morgan fingerprint density at radius 3 is 2.12 bits per heavy atom. The van der Waals surface area contributed by atoms with E-state index >= 15 is 0 Å². The van der Waals surface area contributed by atoms with Crippen LogP contribution in [0.2, 0.25) is 0 Å². The van der Waals surface area contributed by atoms with Gasteiger partial charge in [0, 0.05) is 16.5 Å². The second-order valence-electron chi connectivity index (χ2n) is 5.61. The molecular formula is C19H16N2O4. The fourth-order valence-electron chi connectivity index (χ4n) is 2.51. The maximum Gasteiger partial charge on any atom is 0.314 e. The van der Waals surface area contributed by atoms with Crippen molar-refractivity contribution in [2.24, 2.45) is 0 Å². The summed E-state index contributed by atoms with van der Waals surface area (Å²) in [6, 6.07) is 14.7. The Kier molecular flexibility index (Phi) is 4.26. The molecule has 0 saturated heterocycles. The van der Waals surface area contributed by atoms with Gasteiger partial charge in [-0.05, 0) is 36.8 Å². The van der Waals surface area contributed by atoms with Crippen molar-refractivity contribution < 1.29 is 19.8 Å². The van der Waals surface area contributed by atoms with Gasteiger partial charge in [0.25, 0.3) is 0 Å². The van der Waals surface area contributed by atoms with E-state index in [4.69, 9.17) is 0 Å². The van der Waals surface area contributed by atoms with Crippen molar-refractivity contribution in [2.75, 3.05) is 10.6 Å². The van der Waals surface area contributed by atoms with Crippen molar-refractivity contribution in [3.8, 4) is 11.5 Å². The van der Waals surface area contributed by atoms with Crippen LogP contribution in [0.15, 0.2) is 54.6 Å². The van der Waals surface area contributed by atoms with E-state index in [1.807, 2.05) is 0 Å². The number of benzene rings is 3. The first kappa shape index (κ1) is 16.3. The van der Waals surface area contributed by atoms with E-state index in [0.29, 0.717) is 16.5 Å². The molecule has 6 nitrogen and oxygen atoms in total. The molecule has 25 heavy (non-hydrogen) atoms. The number of phenols is 2. The number of aryl methyl sites for hydroxylation is 1. The number of phenolic OH excluding ortho intramolecular Hbond substituents is 2. The zero-order valence-corrected chi connectivity index (χ0v) is 13.4. The third-order valence-corrected chi connectivity index (χ3v) is 3.75. The average molecular weight is 336 g/mol. The van der Waals surface area contributed by atoms with Gasteiger partial charge in [-0.2, -0.15) is 0 Å². The van der Waals surface area contributed by atoms with Gasteiger partial charge in [0.2, 0.25) is 0 Å². The molecule has 3 aromatic rings. The van der Waals surface area contributed by atoms with Gasteiger partial charge in [0.1, 0.15) is 11.5 Å². The molecule has 0 aliphatic rings. The van der Waals surface area contributed by atoms with Crippen LogP contribution in [0.5, 0.6) is 11.5 Å². The van der Waals surface area contributed by atoms with Crippen molar-refractivity contribution in [1.82, 2.24) is 0 Å². The van der Waals surface area contributed by atoms with E-state index in [2.05, 4.69) is 10.6 Å². The SMILES string of the molecule is Cc1ccc(NC(=O)C(=O)Nc2cccc3c(O)cccc23)c(O)c1. The van der Waals surface area contributed by atoms with Gasteiger partial charge in [-0.3, -0.25) is 9.59 Å². The molecule has 0 saturated carbocycles. The van der Waals surface area contributed by atoms with Gasteiger partial charge in [-0.25, -0.2) is 0 Å². The smallest absolute Gasteiger partial charge is 0.314 e. The average Bonchev–Trinajstić information content (AvgIpc) is 2.58. The fraction of sp³-hybridized carbons (Fsp3) is 0.0526. The molecule has 3 aromatic carbocycles. The highest BCUT2D eigenvalue weighted by atomic mass is 16.3. The Balaban J connectivity index is 1.80. The normalized spacial score (nSPS) is 10.4. The Hall–Kier alpha value is -3.54. The predicted octanol–water partition coefficient (Wildman–Crippen LogP) is 3.14. The fourth-order valence-corrected chi connectivity index (χ4v) is 2.51. The Labute approximate surface area is 143 Å². The number of fused-ring (bicyclic) bond motifs is 1. The molecule has 0 atom stereocenters. The topological polar surface area (TPSA) is 98.7 Å². The summed E-state index contributed by atoms with van der Waals surface area (Å²) in [5.74, 6) is -1.81. The Morgan fingerprint density at radius 2 is 1.40 bits per heavy atom. The van der Waals surface area contributed by atoms with Crippen molar-refractivity contribution in [3.63, 3.8) is 0 Å². The summed E-state index contributed by atoms with van der Waals surface area (Å²) in [7, 11) is 0. The summed E-state index contributed by atoms with van der Waals surface area (Å²) in [4.78, 5) is 24.2. The van der Waals surface area contributed by atoms with Gasteiger partial charge in [0.15, 0.2) is 0 Å². The molecule has 0 radical (unpaired) electrons. The number of hydrogen-bond acceptors (Lipinski definition) is 4. The predicted molar refractivity (Wildman–Crippen MR) is 95.7 cm³/mol. The standard InChI is InChI=1S/C19H16N2O4/c1-11-8-9-15(17(23)10-11)21-19(25)18(24)20-14-6-2-5-13-12(14)4-3-7-16(13)22/h2-10,22-23H,1H3,(H,20,24)(H,21,25). The maximum absolute atomic E-state index is 12.2. The second-order valence-corrected chi connectivity index (χ2v) is 5.61. The molecule has 4 N–H and O–H groups in total. The molecular weight excluding hydrogens is 320 g/mol. The van der Waals surface area contributed by atoms with Crippen LogP contribution in [-0.4, -0.2) is 22.0 Å². The van der Waals surface area contributed by atoms with Crippen molar-refractivity contribution in [1.29, 1.82) is 0 Å². The zero-order chi connectivity index (χ0) is 18.0. The third kappa shape index (κ3) is 3.37. The molecule has 3 rings (SSSR count). The first-order valence-corrected chi connectivity index (χ1v) is 7.58. The Bertz CT molecular complexity index is 982. The molecule has 0 heterocycles. The third-order valence-electron chi connectivity index (χ3n) is 3.75. The molecule has 6 heteroatoms. The molecule has 0 fully saturated rings. The van der Waals surface area contributed by atoms with Crippen LogP contribution < -0.4 is 10.6 Å². The summed E-state index contributed by atoms with van der Waals surface area (Å²) >= 11 is 0. The van der Waals surface area contributed by atoms with Gasteiger partial charge < -0.3 is 20.8 Å². The summed E-state index contributed by atoms with van der Waals surface area (Å²) in [5.41, 5.74) is 1.39. The second kappa shape index (κ2) is 6.52. The van der Waals surface area contributed by atoms with Crippen LogP contribution in [0, 0.1) is 6.92 Å². The molecule has 0 aromatic heterocycles. The van der Waals surface area contributed by atoms with Crippen LogP contribution in [0.4, 0.5) is 11.4 Å². The lowest BCUT2D eigenvalue weighted by Gasteiger charge is -2.10. The summed E-state index contributed by atoms with van der Waals surface area (Å²) in [5, 5.41) is 25.7. The van der Waals surface area contributed by atoms with Gasteiger partial charge in [0.05, 0.1) is 5.69 Å². The number of carbonyl (C=O) groups is 2. The minimum absolute atomic E-state index is 0.0858. The lowest BCUT2D eigenvalue weighted by Crippen LogP contribution is -2.29.